The van der Waals surface area contributed by atoms with Gasteiger partial charge in [0.15, 0.2) is 0 Å². The summed E-state index contributed by atoms with van der Waals surface area (Å²) in [6.45, 7) is 2.12. The number of rotatable bonds is 1. The lowest BCUT2D eigenvalue weighted by Crippen LogP contribution is -1.84. The van der Waals surface area contributed by atoms with Gasteiger partial charge in [0.25, 0.3) is 0 Å². The standard InChI is InChI=1S/C16H11NS/c1-11-6-7-12-4-2-3-5-15(12)16(11)13-8-14(9-17)18-10-13/h2-8,10H,1H3. The van der Waals surface area contributed by atoms with E-state index in [0.717, 1.165) is 10.4 Å². The minimum absolute atomic E-state index is 0.761. The molecule has 0 aliphatic carbocycles. The quantitative estimate of drug-likeness (QED) is 0.610. The predicted molar refractivity (Wildman–Crippen MR) is 76.7 cm³/mol. The molecule has 0 amide bonds. The second-order valence-corrected chi connectivity index (χ2v) is 5.20. The van der Waals surface area contributed by atoms with Gasteiger partial charge in [0.2, 0.25) is 0 Å². The highest BCUT2D eigenvalue weighted by Gasteiger charge is 2.09. The SMILES string of the molecule is Cc1ccc2ccccc2c1-c1csc(C#N)c1. The zero-order chi connectivity index (χ0) is 12.5. The van der Waals surface area contributed by atoms with Gasteiger partial charge in [-0.05, 0) is 45.8 Å². The molecule has 0 spiro atoms. The highest BCUT2D eigenvalue weighted by molar-refractivity contribution is 7.10. The molecule has 0 bridgehead atoms. The fourth-order valence-electron chi connectivity index (χ4n) is 2.29. The van der Waals surface area contributed by atoms with E-state index in [2.05, 4.69) is 54.8 Å². The number of nitrogens with zero attached hydrogens (tertiary/aromatic N) is 1. The first-order valence-corrected chi connectivity index (χ1v) is 6.65. The molecule has 0 saturated carbocycles. The number of fused-ring (bicyclic) bond motifs is 1. The Morgan fingerprint density at radius 1 is 1.11 bits per heavy atom. The molecule has 1 aromatic heterocycles. The second kappa shape index (κ2) is 4.29. The van der Waals surface area contributed by atoms with Gasteiger partial charge in [-0.25, -0.2) is 0 Å². The highest BCUT2D eigenvalue weighted by Crippen LogP contribution is 2.34. The molecule has 3 aromatic rings. The lowest BCUT2D eigenvalue weighted by molar-refractivity contribution is 1.49. The fourth-order valence-corrected chi connectivity index (χ4v) is 2.98. The Morgan fingerprint density at radius 3 is 2.72 bits per heavy atom. The van der Waals surface area contributed by atoms with E-state index in [4.69, 9.17) is 5.26 Å². The van der Waals surface area contributed by atoms with Crippen molar-refractivity contribution in [2.24, 2.45) is 0 Å². The topological polar surface area (TPSA) is 23.8 Å². The normalized spacial score (nSPS) is 10.4. The summed E-state index contributed by atoms with van der Waals surface area (Å²) < 4.78 is 0. The Kier molecular flexibility index (Phi) is 2.62. The lowest BCUT2D eigenvalue weighted by Gasteiger charge is -2.08. The third-order valence-electron chi connectivity index (χ3n) is 3.14. The van der Waals surface area contributed by atoms with Crippen LogP contribution in [0.1, 0.15) is 10.4 Å². The molecule has 3 rings (SSSR count). The van der Waals surface area contributed by atoms with Crippen LogP contribution in [-0.4, -0.2) is 0 Å². The van der Waals surface area contributed by atoms with Crippen LogP contribution in [0.4, 0.5) is 0 Å². The van der Waals surface area contributed by atoms with Crippen LogP contribution in [-0.2, 0) is 0 Å². The molecule has 1 heterocycles. The van der Waals surface area contributed by atoms with E-state index >= 15 is 0 Å². The number of aryl methyl sites for hydroxylation is 1. The Hall–Kier alpha value is -2.11. The van der Waals surface area contributed by atoms with E-state index in [-0.39, 0.29) is 0 Å². The zero-order valence-electron chi connectivity index (χ0n) is 9.97. The third-order valence-corrected chi connectivity index (χ3v) is 3.97. The monoisotopic (exact) mass is 249 g/mol. The average Bonchev–Trinajstić information content (AvgIpc) is 2.87. The molecule has 1 nitrogen and oxygen atoms in total. The van der Waals surface area contributed by atoms with Crippen LogP contribution in [0, 0.1) is 18.3 Å². The molecule has 0 saturated heterocycles. The Bertz CT molecular complexity index is 762. The van der Waals surface area contributed by atoms with Crippen LogP contribution in [0.15, 0.2) is 47.8 Å². The van der Waals surface area contributed by atoms with Crippen LogP contribution >= 0.6 is 11.3 Å². The highest BCUT2D eigenvalue weighted by atomic mass is 32.1. The number of nitriles is 1. The summed E-state index contributed by atoms with van der Waals surface area (Å²) in [7, 11) is 0. The molecular weight excluding hydrogens is 238 g/mol. The van der Waals surface area contributed by atoms with Gasteiger partial charge in [-0.2, -0.15) is 5.26 Å². The van der Waals surface area contributed by atoms with Gasteiger partial charge in [-0.15, -0.1) is 11.3 Å². The minimum Gasteiger partial charge on any atom is -0.192 e. The first kappa shape index (κ1) is 11.0. The van der Waals surface area contributed by atoms with Gasteiger partial charge in [0, 0.05) is 0 Å². The maximum atomic E-state index is 8.94. The van der Waals surface area contributed by atoms with Crippen LogP contribution < -0.4 is 0 Å². The van der Waals surface area contributed by atoms with Gasteiger partial charge in [-0.1, -0.05) is 36.4 Å². The van der Waals surface area contributed by atoms with Crippen molar-refractivity contribution in [3.63, 3.8) is 0 Å². The molecule has 0 aliphatic rings. The summed E-state index contributed by atoms with van der Waals surface area (Å²) in [6.07, 6.45) is 0. The molecule has 0 unspecified atom stereocenters. The van der Waals surface area contributed by atoms with E-state index < -0.39 is 0 Å². The molecule has 18 heavy (non-hydrogen) atoms. The van der Waals surface area contributed by atoms with E-state index in [1.807, 2.05) is 6.07 Å². The Morgan fingerprint density at radius 2 is 1.94 bits per heavy atom. The van der Waals surface area contributed by atoms with E-state index in [1.54, 1.807) is 0 Å². The number of benzene rings is 2. The van der Waals surface area contributed by atoms with Gasteiger partial charge < -0.3 is 0 Å². The van der Waals surface area contributed by atoms with Crippen molar-refractivity contribution in [3.8, 4) is 17.2 Å². The fraction of sp³-hybridized carbons (Fsp3) is 0.0625. The van der Waals surface area contributed by atoms with Crippen molar-refractivity contribution in [1.82, 2.24) is 0 Å². The van der Waals surface area contributed by atoms with Crippen LogP contribution in [0.2, 0.25) is 0 Å². The summed E-state index contributed by atoms with van der Waals surface area (Å²) in [5, 5.41) is 13.5. The molecule has 0 radical (unpaired) electrons. The average molecular weight is 249 g/mol. The van der Waals surface area contributed by atoms with Crippen molar-refractivity contribution in [3.05, 3.63) is 58.3 Å². The van der Waals surface area contributed by atoms with Crippen molar-refractivity contribution < 1.29 is 0 Å². The zero-order valence-corrected chi connectivity index (χ0v) is 10.8. The molecule has 0 aliphatic heterocycles. The van der Waals surface area contributed by atoms with Crippen molar-refractivity contribution in [2.45, 2.75) is 6.92 Å². The smallest absolute Gasteiger partial charge is 0.110 e. The van der Waals surface area contributed by atoms with Gasteiger partial charge in [0.1, 0.15) is 10.9 Å². The number of thiophene rings is 1. The van der Waals surface area contributed by atoms with E-state index in [0.29, 0.717) is 0 Å². The summed E-state index contributed by atoms with van der Waals surface area (Å²) in [5.41, 5.74) is 3.63. The molecule has 0 atom stereocenters. The Labute approximate surface area is 110 Å². The molecule has 2 heteroatoms. The maximum absolute atomic E-state index is 8.94. The first-order chi connectivity index (χ1) is 8.79. The largest absolute Gasteiger partial charge is 0.192 e. The minimum atomic E-state index is 0.761. The van der Waals surface area contributed by atoms with Crippen molar-refractivity contribution >= 4 is 22.1 Å². The molecule has 86 valence electrons. The van der Waals surface area contributed by atoms with Crippen LogP contribution in [0.25, 0.3) is 21.9 Å². The van der Waals surface area contributed by atoms with Gasteiger partial charge >= 0.3 is 0 Å². The maximum Gasteiger partial charge on any atom is 0.110 e. The second-order valence-electron chi connectivity index (χ2n) is 4.29. The van der Waals surface area contributed by atoms with Crippen LogP contribution in [0.3, 0.4) is 0 Å². The van der Waals surface area contributed by atoms with Crippen molar-refractivity contribution in [1.29, 1.82) is 5.26 Å². The summed E-state index contributed by atoms with van der Waals surface area (Å²) in [6, 6.07) is 16.8. The lowest BCUT2D eigenvalue weighted by atomic mass is 9.95. The third kappa shape index (κ3) is 1.70. The van der Waals surface area contributed by atoms with Crippen molar-refractivity contribution in [2.75, 3.05) is 0 Å². The van der Waals surface area contributed by atoms with E-state index in [9.17, 15) is 0 Å². The summed E-state index contributed by atoms with van der Waals surface area (Å²) in [5.74, 6) is 0. The number of hydrogen-bond donors (Lipinski definition) is 0. The summed E-state index contributed by atoms with van der Waals surface area (Å²) >= 11 is 1.50. The molecule has 0 N–H and O–H groups in total. The molecule has 2 aromatic carbocycles. The Balaban J connectivity index is 2.34. The van der Waals surface area contributed by atoms with E-state index in [1.165, 1.54) is 33.2 Å². The first-order valence-electron chi connectivity index (χ1n) is 5.77. The summed E-state index contributed by atoms with van der Waals surface area (Å²) in [4.78, 5) is 0.761. The predicted octanol–water partition coefficient (Wildman–Crippen LogP) is 4.75. The molecule has 0 fully saturated rings. The van der Waals surface area contributed by atoms with Gasteiger partial charge in [0.05, 0.1) is 0 Å². The van der Waals surface area contributed by atoms with Gasteiger partial charge in [-0.3, -0.25) is 0 Å². The molecular formula is C16H11NS. The van der Waals surface area contributed by atoms with Crippen LogP contribution in [0.5, 0.6) is 0 Å². The number of hydrogen-bond acceptors (Lipinski definition) is 2.